The van der Waals surface area contributed by atoms with E-state index >= 15 is 0 Å². The quantitative estimate of drug-likeness (QED) is 0.412. The lowest BCUT2D eigenvalue weighted by molar-refractivity contribution is 0.162. The summed E-state index contributed by atoms with van der Waals surface area (Å²) in [5.74, 6) is -0.167. The highest BCUT2D eigenvalue weighted by Gasteiger charge is 2.26. The van der Waals surface area contributed by atoms with E-state index in [1.807, 2.05) is 0 Å². The average Bonchev–Trinajstić information content (AvgIpc) is 3.14. The van der Waals surface area contributed by atoms with E-state index in [0.717, 1.165) is 37.5 Å². The van der Waals surface area contributed by atoms with Crippen LogP contribution in [0.15, 0.2) is 49.8 Å². The van der Waals surface area contributed by atoms with Gasteiger partial charge in [0, 0.05) is 6.54 Å². The summed E-state index contributed by atoms with van der Waals surface area (Å²) >= 11 is 6.03. The van der Waals surface area contributed by atoms with Crippen molar-refractivity contribution in [2.24, 2.45) is 5.92 Å². The number of nitrogens with zero attached hydrogens (tertiary/aromatic N) is 3. The van der Waals surface area contributed by atoms with E-state index in [1.54, 1.807) is 4.68 Å². The van der Waals surface area contributed by atoms with E-state index in [2.05, 4.69) is 10.1 Å². The fraction of sp³-hybridized carbons (Fsp3) is 0.286. The first-order valence-electron chi connectivity index (χ1n) is 10.3. The molecule has 2 aromatic carbocycles. The Bertz CT molecular complexity index is 1650. The molecule has 172 valence electrons. The highest BCUT2D eigenvalue weighted by Crippen LogP contribution is 2.33. The van der Waals surface area contributed by atoms with Crippen molar-refractivity contribution in [2.45, 2.75) is 42.0 Å². The number of rotatable bonds is 5. The van der Waals surface area contributed by atoms with Gasteiger partial charge in [-0.3, -0.25) is 9.48 Å². The zero-order chi connectivity index (χ0) is 23.5. The zero-order valence-corrected chi connectivity index (χ0v) is 18.7. The highest BCUT2D eigenvalue weighted by molar-refractivity contribution is 7.91. The molecule has 0 bridgehead atoms. The van der Waals surface area contributed by atoms with E-state index in [0.29, 0.717) is 18.0 Å². The highest BCUT2D eigenvalue weighted by atomic mass is 35.5. The van der Waals surface area contributed by atoms with Crippen molar-refractivity contribution in [3.8, 4) is 0 Å². The first kappa shape index (κ1) is 21.7. The van der Waals surface area contributed by atoms with Crippen LogP contribution in [-0.2, 0) is 16.4 Å². The smallest absolute Gasteiger partial charge is 0.362 e. The molecule has 0 aliphatic heterocycles. The SMILES string of the molecule is O=c1[nH]c2c(S(=O)(=O)c3cc(F)c4cnn(CCC5CCC5)c4c3)ccc(Cl)c2c(=O)n1O. The third kappa shape index (κ3) is 3.42. The summed E-state index contributed by atoms with van der Waals surface area (Å²) in [6.07, 6.45) is 5.71. The lowest BCUT2D eigenvalue weighted by Crippen LogP contribution is -2.33. The molecule has 1 aliphatic rings. The van der Waals surface area contributed by atoms with Crippen LogP contribution in [0, 0.1) is 11.7 Å². The van der Waals surface area contributed by atoms with E-state index in [4.69, 9.17) is 11.6 Å². The molecule has 33 heavy (non-hydrogen) atoms. The Morgan fingerprint density at radius 3 is 2.70 bits per heavy atom. The molecule has 12 heteroatoms. The number of fused-ring (bicyclic) bond motifs is 2. The maximum Gasteiger partial charge on any atom is 0.362 e. The van der Waals surface area contributed by atoms with Crippen LogP contribution < -0.4 is 11.2 Å². The van der Waals surface area contributed by atoms with Crippen molar-refractivity contribution in [3.05, 3.63) is 62.1 Å². The van der Waals surface area contributed by atoms with Crippen molar-refractivity contribution >= 4 is 43.2 Å². The summed E-state index contributed by atoms with van der Waals surface area (Å²) in [4.78, 5) is 25.6. The third-order valence-electron chi connectivity index (χ3n) is 6.21. The second-order valence-electron chi connectivity index (χ2n) is 8.14. The molecule has 4 aromatic rings. The van der Waals surface area contributed by atoms with Gasteiger partial charge in [0.2, 0.25) is 9.84 Å². The van der Waals surface area contributed by atoms with Crippen LogP contribution >= 0.6 is 11.6 Å². The summed E-state index contributed by atoms with van der Waals surface area (Å²) in [6.45, 7) is 0.532. The van der Waals surface area contributed by atoms with Gasteiger partial charge in [0.25, 0.3) is 5.56 Å². The number of aryl methyl sites for hydroxylation is 1. The van der Waals surface area contributed by atoms with Crippen LogP contribution in [0.25, 0.3) is 21.8 Å². The Kier molecular flexibility index (Phi) is 5.05. The van der Waals surface area contributed by atoms with Gasteiger partial charge >= 0.3 is 5.69 Å². The number of hydrogen-bond acceptors (Lipinski definition) is 6. The van der Waals surface area contributed by atoms with Gasteiger partial charge in [-0.15, -0.1) is 0 Å². The maximum absolute atomic E-state index is 14.9. The van der Waals surface area contributed by atoms with Crippen molar-refractivity contribution in [1.82, 2.24) is 19.5 Å². The average molecular weight is 493 g/mol. The fourth-order valence-corrected chi connectivity index (χ4v) is 5.82. The van der Waals surface area contributed by atoms with Gasteiger partial charge in [0.15, 0.2) is 0 Å². The normalized spacial score (nSPS) is 14.7. The van der Waals surface area contributed by atoms with Crippen LogP contribution in [-0.4, -0.2) is 33.1 Å². The molecule has 1 fully saturated rings. The summed E-state index contributed by atoms with van der Waals surface area (Å²) in [6, 6.07) is 4.48. The molecule has 0 unspecified atom stereocenters. The summed E-state index contributed by atoms with van der Waals surface area (Å²) < 4.78 is 43.2. The van der Waals surface area contributed by atoms with Crippen molar-refractivity contribution in [3.63, 3.8) is 0 Å². The molecule has 2 N–H and O–H groups in total. The van der Waals surface area contributed by atoms with E-state index in [9.17, 15) is 27.6 Å². The summed E-state index contributed by atoms with van der Waals surface area (Å²) in [5, 5.41) is 13.5. The number of hydrogen-bond donors (Lipinski definition) is 2. The molecule has 2 heterocycles. The lowest BCUT2D eigenvalue weighted by atomic mass is 9.83. The number of aromatic amines is 1. The largest absolute Gasteiger partial charge is 0.421 e. The van der Waals surface area contributed by atoms with Gasteiger partial charge in [-0.2, -0.15) is 5.10 Å². The predicted molar refractivity (Wildman–Crippen MR) is 118 cm³/mol. The standard InChI is InChI=1S/C21H18ClFN4O5S/c22-14-4-5-17(19-18(14)20(28)27(30)21(29)25-19)33(31,32)12-8-15(23)13-10-24-26(16(13)9-12)7-6-11-2-1-3-11/h4-5,8-11,30H,1-3,6-7H2,(H,25,29). The number of nitrogens with one attached hydrogen (secondary N) is 1. The summed E-state index contributed by atoms with van der Waals surface area (Å²) in [5.41, 5.74) is -2.45. The molecule has 0 amide bonds. The van der Waals surface area contributed by atoms with Crippen LogP contribution in [0.1, 0.15) is 25.7 Å². The number of sulfone groups is 1. The molecule has 0 saturated heterocycles. The summed E-state index contributed by atoms with van der Waals surface area (Å²) in [7, 11) is -4.40. The molecule has 9 nitrogen and oxygen atoms in total. The fourth-order valence-electron chi connectivity index (χ4n) is 4.13. The predicted octanol–water partition coefficient (Wildman–Crippen LogP) is 3.09. The van der Waals surface area contributed by atoms with Crippen LogP contribution in [0.5, 0.6) is 0 Å². The lowest BCUT2D eigenvalue weighted by Gasteiger charge is -2.25. The van der Waals surface area contributed by atoms with E-state index in [1.165, 1.54) is 18.7 Å². The minimum absolute atomic E-state index is 0.163. The van der Waals surface area contributed by atoms with E-state index < -0.39 is 31.8 Å². The molecule has 1 aliphatic carbocycles. The minimum atomic E-state index is -4.40. The number of H-pyrrole nitrogens is 1. The molecule has 0 atom stereocenters. The molecule has 2 aromatic heterocycles. The van der Waals surface area contributed by atoms with Gasteiger partial charge in [-0.05, 0) is 36.6 Å². The van der Waals surface area contributed by atoms with Crippen molar-refractivity contribution in [1.29, 1.82) is 0 Å². The number of benzene rings is 2. The van der Waals surface area contributed by atoms with Gasteiger partial charge in [0.05, 0.1) is 42.8 Å². The Morgan fingerprint density at radius 2 is 2.00 bits per heavy atom. The second kappa shape index (κ2) is 7.70. The molecule has 0 radical (unpaired) electrons. The topological polar surface area (TPSA) is 127 Å². The van der Waals surface area contributed by atoms with Crippen molar-refractivity contribution < 1.29 is 18.0 Å². The van der Waals surface area contributed by atoms with Gasteiger partial charge in [-0.25, -0.2) is 17.6 Å². The van der Waals surface area contributed by atoms with Gasteiger partial charge in [-0.1, -0.05) is 35.6 Å². The second-order valence-corrected chi connectivity index (χ2v) is 10.5. The monoisotopic (exact) mass is 492 g/mol. The Hall–Kier alpha value is -3.18. The Morgan fingerprint density at radius 1 is 1.24 bits per heavy atom. The van der Waals surface area contributed by atoms with Gasteiger partial charge < -0.3 is 10.2 Å². The zero-order valence-electron chi connectivity index (χ0n) is 17.1. The first-order chi connectivity index (χ1) is 15.7. The van der Waals surface area contributed by atoms with Crippen LogP contribution in [0.2, 0.25) is 5.02 Å². The molecular weight excluding hydrogens is 475 g/mol. The van der Waals surface area contributed by atoms with Crippen LogP contribution in [0.3, 0.4) is 0 Å². The minimum Gasteiger partial charge on any atom is -0.421 e. The molecule has 1 saturated carbocycles. The first-order valence-corrected chi connectivity index (χ1v) is 12.1. The van der Waals surface area contributed by atoms with E-state index in [-0.39, 0.29) is 30.9 Å². The Balaban J connectivity index is 1.68. The number of halogens is 2. The van der Waals surface area contributed by atoms with Crippen molar-refractivity contribution in [2.75, 3.05) is 0 Å². The molecule has 5 rings (SSSR count). The van der Waals surface area contributed by atoms with Gasteiger partial charge in [0.1, 0.15) is 5.82 Å². The maximum atomic E-state index is 14.9. The third-order valence-corrected chi connectivity index (χ3v) is 8.30. The van der Waals surface area contributed by atoms with Crippen LogP contribution in [0.4, 0.5) is 4.39 Å². The Labute approximate surface area is 190 Å². The molecular formula is C21H18ClFN4O5S. The molecule has 0 spiro atoms. The number of aromatic nitrogens is 4.